The third-order valence-electron chi connectivity index (χ3n) is 2.79. The molecule has 7 heteroatoms. The maximum atomic E-state index is 11.5. The van der Waals surface area contributed by atoms with E-state index in [9.17, 15) is 4.79 Å². The van der Waals surface area contributed by atoms with E-state index in [2.05, 4.69) is 52.8 Å². The number of hydrogen-bond acceptors (Lipinski definition) is 4. The van der Waals surface area contributed by atoms with Crippen molar-refractivity contribution in [3.63, 3.8) is 0 Å². The van der Waals surface area contributed by atoms with Crippen molar-refractivity contribution in [2.75, 3.05) is 6.23 Å². The van der Waals surface area contributed by atoms with Crippen molar-refractivity contribution in [3.8, 4) is 0 Å². The number of carbonyl (C=O) groups is 1. The lowest BCUT2D eigenvalue weighted by molar-refractivity contribution is -0.137. The van der Waals surface area contributed by atoms with Crippen molar-refractivity contribution in [1.82, 2.24) is 0 Å². The molecule has 0 bridgehead atoms. The summed E-state index contributed by atoms with van der Waals surface area (Å²) in [5.41, 5.74) is 0.419. The molecule has 0 saturated carbocycles. The molecule has 0 saturated heterocycles. The van der Waals surface area contributed by atoms with Gasteiger partial charge in [0.05, 0.1) is 0 Å². The van der Waals surface area contributed by atoms with E-state index in [1.807, 2.05) is 0 Å². The van der Waals surface area contributed by atoms with Crippen LogP contribution in [0.1, 0.15) is 58.4 Å². The average molecular weight is 431 g/mol. The zero-order valence-electron chi connectivity index (χ0n) is 14.3. The van der Waals surface area contributed by atoms with E-state index >= 15 is 0 Å². The summed E-state index contributed by atoms with van der Waals surface area (Å²) < 4.78 is 17.8. The quantitative estimate of drug-likeness (QED) is 0.225. The van der Waals surface area contributed by atoms with Gasteiger partial charge in [-0.2, -0.15) is 0 Å². The lowest BCUT2D eigenvalue weighted by Gasteiger charge is -2.38. The first kappa shape index (κ1) is 44.9. The molecule has 0 rings (SSSR count). The molecular weight excluding hydrogens is 376 g/mol. The van der Waals surface area contributed by atoms with Gasteiger partial charge >= 0.3 is 14.5 Å². The molecule has 0 spiro atoms. The van der Waals surface area contributed by atoms with E-state index < -0.39 is 25.2 Å². The van der Waals surface area contributed by atoms with Crippen molar-refractivity contribution in [3.05, 3.63) is 12.2 Å². The molecule has 0 heterocycles. The molecule has 26 heavy (non-hydrogen) atoms. The van der Waals surface area contributed by atoms with Gasteiger partial charge in [0, 0.05) is 5.57 Å². The minimum absolute atomic E-state index is 0. The maximum Gasteiger partial charge on any atom is 0.332 e. The van der Waals surface area contributed by atoms with Gasteiger partial charge in [-0.05, 0) is 52.2 Å². The van der Waals surface area contributed by atoms with Crippen molar-refractivity contribution in [2.24, 2.45) is 0 Å². The first-order valence-corrected chi connectivity index (χ1v) is 16.1. The molecule has 0 aromatic heterocycles. The Morgan fingerprint density at radius 3 is 1.46 bits per heavy atom. The molecule has 4 nitrogen and oxygen atoms in total. The largest absolute Gasteiger partial charge is 0.463 e. The average Bonchev–Trinajstić information content (AvgIpc) is 2.22. The molecule has 166 valence electrons. The van der Waals surface area contributed by atoms with Gasteiger partial charge in [0.25, 0.3) is 0 Å². The summed E-state index contributed by atoms with van der Waals surface area (Å²) in [6, 6.07) is 1.07. The summed E-state index contributed by atoms with van der Waals surface area (Å²) in [7, 11) is -5.91. The standard InChI is InChI=1S/C13H30O4Si3.6CH4/c1-10-18(4,5)16-20(8,9)17-19(6,7)11-15-13(14)12(2)3;;;;;;/h2,10-11H2,1,3-9H3;6*1H4. The molecule has 0 radical (unpaired) electrons. The van der Waals surface area contributed by atoms with Crippen LogP contribution in [0.4, 0.5) is 0 Å². The van der Waals surface area contributed by atoms with Crippen LogP contribution in [0.3, 0.4) is 0 Å². The molecule has 0 unspecified atom stereocenters. The van der Waals surface area contributed by atoms with Crippen LogP contribution in [0, 0.1) is 0 Å². The molecule has 0 aromatic rings. The number of hydrogen-bond donors (Lipinski definition) is 0. The highest BCUT2D eigenvalue weighted by Gasteiger charge is 2.39. The second kappa shape index (κ2) is 16.9. The molecule has 0 aromatic carbocycles. The van der Waals surface area contributed by atoms with Gasteiger partial charge in [0.1, 0.15) is 6.23 Å². The predicted octanol–water partition coefficient (Wildman–Crippen LogP) is 7.63. The molecule has 0 aliphatic rings. The third kappa shape index (κ3) is 20.1. The Kier molecular flexibility index (Phi) is 29.2. The van der Waals surface area contributed by atoms with Crippen LogP contribution in [0.15, 0.2) is 12.2 Å². The van der Waals surface area contributed by atoms with Crippen LogP contribution in [0.5, 0.6) is 0 Å². The van der Waals surface area contributed by atoms with Crippen LogP contribution in [-0.4, -0.2) is 37.4 Å². The van der Waals surface area contributed by atoms with Crippen LogP contribution < -0.4 is 0 Å². The Hall–Kier alpha value is -0.219. The summed E-state index contributed by atoms with van der Waals surface area (Å²) >= 11 is 0. The maximum absolute atomic E-state index is 11.5. The second-order valence-corrected chi connectivity index (χ2v) is 19.3. The first-order chi connectivity index (χ1) is 8.80. The third-order valence-corrected chi connectivity index (χ3v) is 13.7. The zero-order valence-corrected chi connectivity index (χ0v) is 17.3. The molecule has 0 amide bonds. The molecule has 0 fully saturated rings. The molecular formula is C19H54O4Si3. The Balaban J connectivity index is -0.000000120. The van der Waals surface area contributed by atoms with Crippen molar-refractivity contribution in [1.29, 1.82) is 0 Å². The second-order valence-electron chi connectivity index (χ2n) is 6.83. The van der Waals surface area contributed by atoms with Crippen LogP contribution >= 0.6 is 0 Å². The molecule has 0 aliphatic heterocycles. The number of ether oxygens (including phenoxy) is 1. The lowest BCUT2D eigenvalue weighted by Crippen LogP contribution is -2.54. The molecule has 0 aliphatic carbocycles. The Labute approximate surface area is 171 Å². The molecule has 0 N–H and O–H groups in total. The summed E-state index contributed by atoms with van der Waals surface area (Å²) in [5.74, 6) is -0.349. The SMILES string of the molecule is C.C.C.C.C.C.C=C(C)C(=O)OC[Si](C)(C)O[Si](C)(C)O[Si](C)(C)CC. The fourth-order valence-corrected chi connectivity index (χ4v) is 14.3. The summed E-state index contributed by atoms with van der Waals surface area (Å²) in [6.45, 7) is 20.1. The van der Waals surface area contributed by atoms with Gasteiger partial charge in [-0.1, -0.05) is 58.1 Å². The number of carbonyl (C=O) groups excluding carboxylic acids is 1. The van der Waals surface area contributed by atoms with Gasteiger partial charge in [0.2, 0.25) is 8.32 Å². The topological polar surface area (TPSA) is 44.8 Å². The summed E-state index contributed by atoms with van der Waals surface area (Å²) in [5, 5.41) is 0. The molecule has 0 atom stereocenters. The van der Waals surface area contributed by atoms with E-state index in [0.717, 1.165) is 6.04 Å². The highest BCUT2D eigenvalue weighted by atomic mass is 28.5. The lowest BCUT2D eigenvalue weighted by atomic mass is 10.4. The predicted molar refractivity (Wildman–Crippen MR) is 131 cm³/mol. The van der Waals surface area contributed by atoms with Crippen LogP contribution in [-0.2, 0) is 17.8 Å². The normalized spacial score (nSPS) is 10.2. The Bertz CT molecular complexity index is 368. The number of rotatable bonds is 8. The fourth-order valence-electron chi connectivity index (χ4n) is 1.82. The minimum atomic E-state index is -2.18. The summed E-state index contributed by atoms with van der Waals surface area (Å²) in [4.78, 5) is 11.5. The van der Waals surface area contributed by atoms with E-state index in [-0.39, 0.29) is 50.5 Å². The van der Waals surface area contributed by atoms with Crippen molar-refractivity contribution >= 4 is 31.2 Å². The van der Waals surface area contributed by atoms with E-state index in [0.29, 0.717) is 11.8 Å². The van der Waals surface area contributed by atoms with E-state index in [1.165, 1.54) is 0 Å². The fraction of sp³-hybridized carbons (Fsp3) is 0.842. The van der Waals surface area contributed by atoms with Crippen molar-refractivity contribution < 1.29 is 17.8 Å². The highest BCUT2D eigenvalue weighted by molar-refractivity contribution is 6.87. The van der Waals surface area contributed by atoms with Gasteiger partial charge in [-0.15, -0.1) is 0 Å². The first-order valence-electron chi connectivity index (χ1n) is 7.03. The van der Waals surface area contributed by atoms with Gasteiger partial charge in [-0.25, -0.2) is 4.79 Å². The highest BCUT2D eigenvalue weighted by Crippen LogP contribution is 2.22. The number of esters is 1. The van der Waals surface area contributed by atoms with Crippen LogP contribution in [0.2, 0.25) is 45.3 Å². The van der Waals surface area contributed by atoms with Gasteiger partial charge in [0.15, 0.2) is 8.32 Å². The monoisotopic (exact) mass is 430 g/mol. The smallest absolute Gasteiger partial charge is 0.332 e. The summed E-state index contributed by atoms with van der Waals surface area (Å²) in [6.07, 6.45) is 0.340. The zero-order chi connectivity index (χ0) is 16.2. The Morgan fingerprint density at radius 1 is 0.808 bits per heavy atom. The minimum Gasteiger partial charge on any atom is -0.463 e. The van der Waals surface area contributed by atoms with E-state index in [4.69, 9.17) is 13.0 Å². The van der Waals surface area contributed by atoms with Gasteiger partial charge < -0.3 is 13.0 Å². The van der Waals surface area contributed by atoms with E-state index in [1.54, 1.807) is 6.92 Å². The van der Waals surface area contributed by atoms with Crippen LogP contribution in [0.25, 0.3) is 0 Å². The van der Waals surface area contributed by atoms with Crippen molar-refractivity contribution in [2.45, 2.75) is 104 Å². The Morgan fingerprint density at radius 2 is 1.15 bits per heavy atom. The van der Waals surface area contributed by atoms with Gasteiger partial charge in [-0.3, -0.25) is 0 Å².